The third kappa shape index (κ3) is 4.44. The van der Waals surface area contributed by atoms with Gasteiger partial charge in [0.1, 0.15) is 4.88 Å². The number of hydrogen-bond donors (Lipinski definition) is 0. The van der Waals surface area contributed by atoms with Crippen molar-refractivity contribution in [2.75, 3.05) is 26.2 Å². The van der Waals surface area contributed by atoms with Gasteiger partial charge in [0.05, 0.1) is 13.6 Å². The first-order valence-electron chi connectivity index (χ1n) is 8.43. The summed E-state index contributed by atoms with van der Waals surface area (Å²) in [7, 11) is -1.57. The lowest BCUT2D eigenvalue weighted by molar-refractivity contribution is 0.0738. The summed E-state index contributed by atoms with van der Waals surface area (Å²) in [4.78, 5) is 29.9. The lowest BCUT2D eigenvalue weighted by Crippen LogP contribution is -2.35. The molecule has 0 saturated carbocycles. The largest absolute Gasteiger partial charge is 0.339 e. The van der Waals surface area contributed by atoms with E-state index < -0.39 is 8.07 Å². The minimum Gasteiger partial charge on any atom is -0.339 e. The lowest BCUT2D eigenvalue weighted by atomic mass is 10.2. The molecule has 0 radical (unpaired) electrons. The van der Waals surface area contributed by atoms with Gasteiger partial charge in [-0.25, -0.2) is 0 Å². The molecule has 0 fully saturated rings. The number of carbonyl (C=O) groups excluding carboxylic acids is 2. The zero-order valence-corrected chi connectivity index (χ0v) is 17.3. The molecule has 0 aliphatic carbocycles. The van der Waals surface area contributed by atoms with Gasteiger partial charge in [0.2, 0.25) is 0 Å². The first kappa shape index (κ1) is 19.9. The van der Waals surface area contributed by atoms with Crippen LogP contribution in [0.5, 0.6) is 0 Å². The van der Waals surface area contributed by atoms with Crippen LogP contribution in [0.2, 0.25) is 19.6 Å². The molecule has 0 unspecified atom stereocenters. The Morgan fingerprint density at radius 1 is 0.913 bits per heavy atom. The molecule has 0 spiro atoms. The van der Waals surface area contributed by atoms with E-state index in [-0.39, 0.29) is 11.8 Å². The molecule has 23 heavy (non-hydrogen) atoms. The Morgan fingerprint density at radius 2 is 1.35 bits per heavy atom. The highest BCUT2D eigenvalue weighted by Gasteiger charge is 2.30. The van der Waals surface area contributed by atoms with E-state index >= 15 is 0 Å². The summed E-state index contributed by atoms with van der Waals surface area (Å²) in [5.74, 6) is -0.0359. The van der Waals surface area contributed by atoms with Crippen LogP contribution >= 0.6 is 11.3 Å². The van der Waals surface area contributed by atoms with E-state index in [0.29, 0.717) is 36.6 Å². The van der Waals surface area contributed by atoms with Crippen molar-refractivity contribution in [1.82, 2.24) is 9.80 Å². The fourth-order valence-corrected chi connectivity index (χ4v) is 5.39. The fraction of sp³-hybridized carbons (Fsp3) is 0.647. The molecule has 0 bridgehead atoms. The molecule has 0 aliphatic rings. The minimum atomic E-state index is -1.57. The highest BCUT2D eigenvalue weighted by molar-refractivity contribution is 7.28. The van der Waals surface area contributed by atoms with E-state index in [9.17, 15) is 9.59 Å². The van der Waals surface area contributed by atoms with Gasteiger partial charge in [0.25, 0.3) is 11.8 Å². The van der Waals surface area contributed by atoms with Crippen molar-refractivity contribution in [2.45, 2.75) is 47.3 Å². The molecule has 0 aliphatic heterocycles. The van der Waals surface area contributed by atoms with Crippen LogP contribution in [0.15, 0.2) is 6.07 Å². The Morgan fingerprint density at radius 3 is 1.74 bits per heavy atom. The van der Waals surface area contributed by atoms with Crippen LogP contribution in [0.4, 0.5) is 0 Å². The molecule has 0 atom stereocenters. The standard InChI is InChI=1S/C17H30N2O2SSi/c1-8-18(9-2)16(20)13-12-14(23(5,6)7)22-15(13)17(21)19(10-3)11-4/h12H,8-11H2,1-7H3. The molecule has 0 N–H and O–H groups in total. The van der Waals surface area contributed by atoms with E-state index in [1.54, 1.807) is 9.80 Å². The molecule has 0 saturated heterocycles. The van der Waals surface area contributed by atoms with Crippen LogP contribution in [-0.2, 0) is 0 Å². The zero-order valence-electron chi connectivity index (χ0n) is 15.5. The lowest BCUT2D eigenvalue weighted by Gasteiger charge is -2.21. The Bertz CT molecular complexity index is 514. The Labute approximate surface area is 145 Å². The third-order valence-corrected chi connectivity index (χ3v) is 8.70. The first-order valence-corrected chi connectivity index (χ1v) is 12.8. The molecular weight excluding hydrogens is 324 g/mol. The summed E-state index contributed by atoms with van der Waals surface area (Å²) in [6.07, 6.45) is 0. The highest BCUT2D eigenvalue weighted by atomic mass is 32.1. The maximum absolute atomic E-state index is 12.9. The van der Waals surface area contributed by atoms with Gasteiger partial charge in [-0.15, -0.1) is 11.3 Å². The van der Waals surface area contributed by atoms with Crippen molar-refractivity contribution in [3.05, 3.63) is 16.5 Å². The number of nitrogens with zero attached hydrogens (tertiary/aromatic N) is 2. The molecule has 130 valence electrons. The van der Waals surface area contributed by atoms with Crippen molar-refractivity contribution in [3.63, 3.8) is 0 Å². The maximum atomic E-state index is 12.9. The summed E-state index contributed by atoms with van der Waals surface area (Å²) in [6, 6.07) is 1.98. The van der Waals surface area contributed by atoms with Crippen LogP contribution in [0, 0.1) is 0 Å². The van der Waals surface area contributed by atoms with Gasteiger partial charge in [-0.2, -0.15) is 0 Å². The SMILES string of the molecule is CCN(CC)C(=O)c1cc([Si](C)(C)C)sc1C(=O)N(CC)CC. The molecule has 6 heteroatoms. The molecule has 4 nitrogen and oxygen atoms in total. The van der Waals surface area contributed by atoms with Gasteiger partial charge in [-0.1, -0.05) is 19.6 Å². The fourth-order valence-electron chi connectivity index (χ4n) is 2.41. The maximum Gasteiger partial charge on any atom is 0.264 e. The average molecular weight is 355 g/mol. The number of hydrogen-bond acceptors (Lipinski definition) is 3. The van der Waals surface area contributed by atoms with Gasteiger partial charge >= 0.3 is 0 Å². The smallest absolute Gasteiger partial charge is 0.264 e. The second-order valence-electron chi connectivity index (χ2n) is 6.56. The normalized spacial score (nSPS) is 11.4. The molecular formula is C17H30N2O2SSi. The molecule has 1 heterocycles. The molecule has 1 rings (SSSR count). The van der Waals surface area contributed by atoms with Crippen LogP contribution in [0.1, 0.15) is 47.7 Å². The van der Waals surface area contributed by atoms with E-state index in [1.807, 2.05) is 33.8 Å². The van der Waals surface area contributed by atoms with Crippen molar-refractivity contribution in [1.29, 1.82) is 0 Å². The van der Waals surface area contributed by atoms with Gasteiger partial charge in [-0.3, -0.25) is 9.59 Å². The van der Waals surface area contributed by atoms with Crippen LogP contribution in [0.25, 0.3) is 0 Å². The molecule has 0 aromatic carbocycles. The van der Waals surface area contributed by atoms with Crippen molar-refractivity contribution in [3.8, 4) is 0 Å². The summed E-state index contributed by atoms with van der Waals surface area (Å²) in [5, 5.41) is 0. The van der Waals surface area contributed by atoms with Crippen molar-refractivity contribution in [2.24, 2.45) is 0 Å². The van der Waals surface area contributed by atoms with Gasteiger partial charge in [-0.05, 0) is 38.3 Å². The van der Waals surface area contributed by atoms with Crippen LogP contribution < -0.4 is 4.50 Å². The second kappa shape index (κ2) is 8.10. The number of amides is 2. The van der Waals surface area contributed by atoms with Gasteiger partial charge < -0.3 is 9.80 Å². The van der Waals surface area contributed by atoms with Crippen LogP contribution in [0.3, 0.4) is 0 Å². The van der Waals surface area contributed by atoms with E-state index in [1.165, 1.54) is 15.8 Å². The second-order valence-corrected chi connectivity index (χ2v) is 13.0. The van der Waals surface area contributed by atoms with E-state index in [0.717, 1.165) is 0 Å². The van der Waals surface area contributed by atoms with Crippen molar-refractivity contribution >= 4 is 35.7 Å². The van der Waals surface area contributed by atoms with Crippen molar-refractivity contribution < 1.29 is 9.59 Å². The zero-order chi connectivity index (χ0) is 17.8. The topological polar surface area (TPSA) is 40.6 Å². The Balaban J connectivity index is 3.40. The summed E-state index contributed by atoms with van der Waals surface area (Å²) in [6.45, 7) is 17.3. The van der Waals surface area contributed by atoms with Crippen LogP contribution in [-0.4, -0.2) is 55.9 Å². The van der Waals surface area contributed by atoms with E-state index in [2.05, 4.69) is 19.6 Å². The summed E-state index contributed by atoms with van der Waals surface area (Å²) < 4.78 is 1.21. The monoisotopic (exact) mass is 354 g/mol. The van der Waals surface area contributed by atoms with Gasteiger partial charge in [0, 0.05) is 26.2 Å². The predicted molar refractivity (Wildman–Crippen MR) is 102 cm³/mol. The molecule has 1 aromatic heterocycles. The highest BCUT2D eigenvalue weighted by Crippen LogP contribution is 2.22. The number of carbonyl (C=O) groups is 2. The molecule has 2 amide bonds. The number of thiophene rings is 1. The molecule has 1 aromatic rings. The average Bonchev–Trinajstić information content (AvgIpc) is 2.94. The minimum absolute atomic E-state index is 0.0139. The third-order valence-electron chi connectivity index (χ3n) is 4.00. The van der Waals surface area contributed by atoms with E-state index in [4.69, 9.17) is 0 Å². The Hall–Kier alpha value is -1.14. The Kier molecular flexibility index (Phi) is 7.01. The summed E-state index contributed by atoms with van der Waals surface area (Å²) >= 11 is 1.52. The predicted octanol–water partition coefficient (Wildman–Crippen LogP) is 3.26. The quantitative estimate of drug-likeness (QED) is 0.705. The first-order chi connectivity index (χ1) is 10.7. The van der Waals surface area contributed by atoms with Gasteiger partial charge in [0.15, 0.2) is 0 Å². The number of rotatable bonds is 7. The summed E-state index contributed by atoms with van der Waals surface area (Å²) in [5.41, 5.74) is 0.591.